The van der Waals surface area contributed by atoms with Gasteiger partial charge in [0.15, 0.2) is 0 Å². The number of nitrogens with one attached hydrogen (secondary N) is 1. The zero-order valence-corrected chi connectivity index (χ0v) is 19.6. The molecule has 1 N–H and O–H groups in total. The van der Waals surface area contributed by atoms with Gasteiger partial charge in [-0.2, -0.15) is 4.31 Å². The minimum absolute atomic E-state index is 0.111. The summed E-state index contributed by atoms with van der Waals surface area (Å²) in [5, 5.41) is 2.85. The summed E-state index contributed by atoms with van der Waals surface area (Å²) in [6, 6.07) is 18.4. The fourth-order valence-electron chi connectivity index (χ4n) is 3.95. The molecule has 3 aromatic carbocycles. The van der Waals surface area contributed by atoms with E-state index < -0.39 is 22.0 Å². The van der Waals surface area contributed by atoms with Crippen LogP contribution in [-0.4, -0.2) is 38.9 Å². The molecule has 172 valence electrons. The predicted molar refractivity (Wildman–Crippen MR) is 126 cm³/mol. The lowest BCUT2D eigenvalue weighted by atomic mass is 9.95. The van der Waals surface area contributed by atoms with Gasteiger partial charge in [-0.25, -0.2) is 8.42 Å². The molecule has 33 heavy (non-hydrogen) atoms. The number of hydrogen-bond donors (Lipinski definition) is 1. The zero-order chi connectivity index (χ0) is 23.6. The third kappa shape index (κ3) is 4.58. The number of methoxy groups -OCH3 is 2. The molecule has 0 saturated carbocycles. The molecule has 4 rings (SSSR count). The van der Waals surface area contributed by atoms with E-state index in [0.717, 1.165) is 16.7 Å². The molecule has 0 spiro atoms. The van der Waals surface area contributed by atoms with Crippen LogP contribution in [-0.2, 0) is 27.8 Å². The number of amides is 1. The summed E-state index contributed by atoms with van der Waals surface area (Å²) in [7, 11) is -0.888. The van der Waals surface area contributed by atoms with E-state index in [2.05, 4.69) is 5.32 Å². The molecular weight excluding hydrogens is 440 g/mol. The Hall–Kier alpha value is -3.36. The van der Waals surface area contributed by atoms with Crippen molar-refractivity contribution in [3.8, 4) is 11.5 Å². The Morgan fingerprint density at radius 1 is 0.970 bits per heavy atom. The van der Waals surface area contributed by atoms with E-state index in [1.165, 1.54) is 18.5 Å². The second kappa shape index (κ2) is 9.25. The molecule has 0 aliphatic carbocycles. The maximum absolute atomic E-state index is 13.6. The van der Waals surface area contributed by atoms with Crippen LogP contribution in [0.5, 0.6) is 11.5 Å². The van der Waals surface area contributed by atoms with E-state index in [1.807, 2.05) is 31.2 Å². The minimum atomic E-state index is -3.92. The number of fused-ring (bicyclic) bond motifs is 1. The molecule has 1 aliphatic heterocycles. The van der Waals surface area contributed by atoms with Gasteiger partial charge in [0.05, 0.1) is 24.8 Å². The lowest BCUT2D eigenvalue weighted by Gasteiger charge is -2.35. The van der Waals surface area contributed by atoms with Gasteiger partial charge in [0.25, 0.3) is 0 Å². The van der Waals surface area contributed by atoms with Crippen LogP contribution < -0.4 is 14.8 Å². The molecule has 8 heteroatoms. The standard InChI is InChI=1S/C25H26N2O5S/c1-17-8-11-21(12-9-17)33(29,30)27-16-19-7-5-4-6-18(19)14-23(27)25(28)26-22-15-20(31-2)10-13-24(22)32-3/h4-13,15,23H,14,16H2,1-3H3,(H,26,28)/t23-/m0/s1. The number of rotatable bonds is 6. The molecule has 7 nitrogen and oxygen atoms in total. The average Bonchev–Trinajstić information content (AvgIpc) is 2.83. The predicted octanol–water partition coefficient (Wildman–Crippen LogP) is 3.77. The molecule has 1 atom stereocenters. The topological polar surface area (TPSA) is 84.9 Å². The van der Waals surface area contributed by atoms with Crippen molar-refractivity contribution in [2.45, 2.75) is 30.8 Å². The Labute approximate surface area is 194 Å². The molecular formula is C25H26N2O5S. The summed E-state index contributed by atoms with van der Waals surface area (Å²) in [4.78, 5) is 13.6. The highest BCUT2D eigenvalue weighted by Gasteiger charge is 2.39. The number of sulfonamides is 1. The van der Waals surface area contributed by atoms with Crippen LogP contribution in [0, 0.1) is 6.92 Å². The van der Waals surface area contributed by atoms with Crippen molar-refractivity contribution in [2.75, 3.05) is 19.5 Å². The summed E-state index contributed by atoms with van der Waals surface area (Å²) < 4.78 is 39.1. The Morgan fingerprint density at radius 3 is 2.33 bits per heavy atom. The number of benzene rings is 3. The Morgan fingerprint density at radius 2 is 1.67 bits per heavy atom. The molecule has 1 amide bonds. The number of aryl methyl sites for hydroxylation is 1. The Bertz CT molecular complexity index is 1270. The van der Waals surface area contributed by atoms with E-state index in [9.17, 15) is 13.2 Å². The quantitative estimate of drug-likeness (QED) is 0.598. The molecule has 0 bridgehead atoms. The Kier molecular flexibility index (Phi) is 6.40. The van der Waals surface area contributed by atoms with Crippen molar-refractivity contribution in [1.29, 1.82) is 0 Å². The highest BCUT2D eigenvalue weighted by Crippen LogP contribution is 2.32. The largest absolute Gasteiger partial charge is 0.497 e. The number of ether oxygens (including phenoxy) is 2. The van der Waals surface area contributed by atoms with Crippen LogP contribution in [0.3, 0.4) is 0 Å². The van der Waals surface area contributed by atoms with E-state index in [4.69, 9.17) is 9.47 Å². The van der Waals surface area contributed by atoms with Crippen molar-refractivity contribution in [1.82, 2.24) is 4.31 Å². The minimum Gasteiger partial charge on any atom is -0.497 e. The second-order valence-corrected chi connectivity index (χ2v) is 9.80. The van der Waals surface area contributed by atoms with Crippen LogP contribution in [0.1, 0.15) is 16.7 Å². The van der Waals surface area contributed by atoms with Gasteiger partial charge in [-0.05, 0) is 48.7 Å². The highest BCUT2D eigenvalue weighted by atomic mass is 32.2. The fraction of sp³-hybridized carbons (Fsp3) is 0.240. The zero-order valence-electron chi connectivity index (χ0n) is 18.7. The molecule has 0 radical (unpaired) electrons. The summed E-state index contributed by atoms with van der Waals surface area (Å²) in [6.07, 6.45) is 0.263. The number of anilines is 1. The van der Waals surface area contributed by atoms with Gasteiger partial charge in [-0.1, -0.05) is 42.0 Å². The maximum Gasteiger partial charge on any atom is 0.244 e. The number of carbonyl (C=O) groups is 1. The van der Waals surface area contributed by atoms with Crippen molar-refractivity contribution >= 4 is 21.6 Å². The smallest absolute Gasteiger partial charge is 0.244 e. The van der Waals surface area contributed by atoms with Crippen LogP contribution in [0.2, 0.25) is 0 Å². The summed E-state index contributed by atoms with van der Waals surface area (Å²) in [6.45, 7) is 2.00. The van der Waals surface area contributed by atoms with Gasteiger partial charge in [0.1, 0.15) is 17.5 Å². The van der Waals surface area contributed by atoms with Gasteiger partial charge in [0.2, 0.25) is 15.9 Å². The molecule has 3 aromatic rings. The van der Waals surface area contributed by atoms with Crippen LogP contribution in [0.4, 0.5) is 5.69 Å². The Balaban J connectivity index is 1.72. The second-order valence-electron chi connectivity index (χ2n) is 7.91. The maximum atomic E-state index is 13.6. The lowest BCUT2D eigenvalue weighted by Crippen LogP contribution is -2.50. The van der Waals surface area contributed by atoms with Crippen molar-refractivity contribution in [3.63, 3.8) is 0 Å². The van der Waals surface area contributed by atoms with E-state index in [0.29, 0.717) is 17.2 Å². The van der Waals surface area contributed by atoms with Gasteiger partial charge in [-0.15, -0.1) is 0 Å². The molecule has 0 saturated heterocycles. The van der Waals surface area contributed by atoms with Gasteiger partial charge < -0.3 is 14.8 Å². The number of hydrogen-bond acceptors (Lipinski definition) is 5. The van der Waals surface area contributed by atoms with E-state index >= 15 is 0 Å². The first-order valence-corrected chi connectivity index (χ1v) is 12.0. The van der Waals surface area contributed by atoms with Gasteiger partial charge in [0, 0.05) is 12.6 Å². The van der Waals surface area contributed by atoms with Crippen molar-refractivity contribution in [3.05, 3.63) is 83.4 Å². The average molecular weight is 467 g/mol. The van der Waals surface area contributed by atoms with Crippen molar-refractivity contribution in [2.24, 2.45) is 0 Å². The monoisotopic (exact) mass is 466 g/mol. The summed E-state index contributed by atoms with van der Waals surface area (Å²) >= 11 is 0. The lowest BCUT2D eigenvalue weighted by molar-refractivity contribution is -0.120. The SMILES string of the molecule is COc1ccc(OC)c(NC(=O)[C@@H]2Cc3ccccc3CN2S(=O)(=O)c2ccc(C)cc2)c1. The van der Waals surface area contributed by atoms with Crippen LogP contribution in [0.25, 0.3) is 0 Å². The number of carbonyl (C=O) groups excluding carboxylic acids is 1. The van der Waals surface area contributed by atoms with E-state index in [1.54, 1.807) is 42.5 Å². The molecule has 0 aromatic heterocycles. The first kappa shape index (κ1) is 22.8. The summed E-state index contributed by atoms with van der Waals surface area (Å²) in [5.74, 6) is 0.560. The highest BCUT2D eigenvalue weighted by molar-refractivity contribution is 7.89. The fourth-order valence-corrected chi connectivity index (χ4v) is 5.51. The molecule has 0 fully saturated rings. The summed E-state index contributed by atoms with van der Waals surface area (Å²) in [5.41, 5.74) is 3.20. The molecule has 1 heterocycles. The van der Waals surface area contributed by atoms with Gasteiger partial charge >= 0.3 is 0 Å². The third-order valence-electron chi connectivity index (χ3n) is 5.80. The van der Waals surface area contributed by atoms with Crippen molar-refractivity contribution < 1.29 is 22.7 Å². The van der Waals surface area contributed by atoms with Crippen LogP contribution >= 0.6 is 0 Å². The third-order valence-corrected chi connectivity index (χ3v) is 7.67. The van der Waals surface area contributed by atoms with Gasteiger partial charge in [-0.3, -0.25) is 4.79 Å². The number of nitrogens with zero attached hydrogens (tertiary/aromatic N) is 1. The first-order valence-electron chi connectivity index (χ1n) is 10.5. The van der Waals surface area contributed by atoms with E-state index in [-0.39, 0.29) is 17.9 Å². The molecule has 0 unspecified atom stereocenters. The molecule has 1 aliphatic rings. The van der Waals surface area contributed by atoms with Crippen LogP contribution in [0.15, 0.2) is 71.6 Å². The normalized spacial score (nSPS) is 16.0. The first-order chi connectivity index (χ1) is 15.8.